The molecule has 0 heterocycles. The number of carboxylic acids is 1. The number of carbonyl (C=O) groups is 1. The molecule has 0 aliphatic heterocycles. The molecule has 2 aromatic carbocycles. The molecule has 172 valence electrons. The van der Waals surface area contributed by atoms with Gasteiger partial charge in [-0.25, -0.2) is 4.79 Å². The molecular weight excluding hydrogens is 392 g/mol. The highest BCUT2D eigenvalue weighted by atomic mass is 16.4. The monoisotopic (exact) mass is 432 g/mol. The first kappa shape index (κ1) is 24.3. The highest BCUT2D eigenvalue weighted by Crippen LogP contribution is 2.48. The van der Waals surface area contributed by atoms with Gasteiger partial charge in [0.1, 0.15) is 0 Å². The molecule has 0 radical (unpaired) electrons. The first-order chi connectivity index (χ1) is 15.0. The van der Waals surface area contributed by atoms with Crippen LogP contribution in [0.1, 0.15) is 113 Å². The van der Waals surface area contributed by atoms with Crippen LogP contribution < -0.4 is 0 Å². The highest BCUT2D eigenvalue weighted by Gasteiger charge is 2.38. The van der Waals surface area contributed by atoms with Crippen LogP contribution in [0.4, 0.5) is 0 Å². The predicted molar refractivity (Wildman–Crippen MR) is 136 cm³/mol. The maximum absolute atomic E-state index is 11.2. The molecule has 0 saturated carbocycles. The van der Waals surface area contributed by atoms with Gasteiger partial charge in [-0.15, -0.1) is 0 Å². The van der Waals surface area contributed by atoms with Gasteiger partial charge in [-0.2, -0.15) is 0 Å². The van der Waals surface area contributed by atoms with Crippen molar-refractivity contribution in [2.24, 2.45) is 0 Å². The second-order valence-electron chi connectivity index (χ2n) is 10.9. The van der Waals surface area contributed by atoms with Gasteiger partial charge in [-0.3, -0.25) is 0 Å². The van der Waals surface area contributed by atoms with Gasteiger partial charge in [0, 0.05) is 5.41 Å². The van der Waals surface area contributed by atoms with Gasteiger partial charge < -0.3 is 5.11 Å². The van der Waals surface area contributed by atoms with E-state index < -0.39 is 5.97 Å². The fourth-order valence-electron chi connectivity index (χ4n) is 5.46. The topological polar surface area (TPSA) is 37.3 Å². The van der Waals surface area contributed by atoms with Crippen LogP contribution in [0.2, 0.25) is 0 Å². The Balaban J connectivity index is 2.08. The second-order valence-corrected chi connectivity index (χ2v) is 10.9. The third-order valence-corrected chi connectivity index (χ3v) is 7.57. The molecule has 0 atom stereocenters. The summed E-state index contributed by atoms with van der Waals surface area (Å²) in [5, 5.41) is 9.18. The van der Waals surface area contributed by atoms with E-state index in [1.807, 2.05) is 12.1 Å². The maximum atomic E-state index is 11.2. The largest absolute Gasteiger partial charge is 0.478 e. The molecule has 0 aromatic heterocycles. The van der Waals surface area contributed by atoms with E-state index in [0.29, 0.717) is 5.56 Å². The number of rotatable bonds is 8. The third-order valence-electron chi connectivity index (χ3n) is 7.57. The van der Waals surface area contributed by atoms with Crippen molar-refractivity contribution < 1.29 is 9.90 Å². The third kappa shape index (κ3) is 4.85. The molecule has 32 heavy (non-hydrogen) atoms. The summed E-state index contributed by atoms with van der Waals surface area (Å²) >= 11 is 0. The lowest BCUT2D eigenvalue weighted by atomic mass is 9.61. The maximum Gasteiger partial charge on any atom is 0.335 e. The lowest BCUT2D eigenvalue weighted by Crippen LogP contribution is -2.35. The van der Waals surface area contributed by atoms with Gasteiger partial charge in [-0.1, -0.05) is 96.9 Å². The van der Waals surface area contributed by atoms with Gasteiger partial charge in [0.2, 0.25) is 0 Å². The minimum absolute atomic E-state index is 0.0122. The zero-order valence-electron chi connectivity index (χ0n) is 20.8. The number of allylic oxidation sites excluding steroid dienone is 1. The van der Waals surface area contributed by atoms with Gasteiger partial charge >= 0.3 is 5.97 Å². The van der Waals surface area contributed by atoms with Crippen molar-refractivity contribution in [2.75, 3.05) is 0 Å². The molecular formula is C30H40O2. The van der Waals surface area contributed by atoms with E-state index in [2.05, 4.69) is 71.9 Å². The summed E-state index contributed by atoms with van der Waals surface area (Å²) < 4.78 is 0. The van der Waals surface area contributed by atoms with E-state index in [1.165, 1.54) is 29.5 Å². The van der Waals surface area contributed by atoms with Crippen LogP contribution in [-0.2, 0) is 16.2 Å². The lowest BCUT2D eigenvalue weighted by Gasteiger charge is -2.43. The van der Waals surface area contributed by atoms with Crippen LogP contribution in [0, 0.1) is 0 Å². The van der Waals surface area contributed by atoms with Crippen molar-refractivity contribution in [3.8, 4) is 0 Å². The Labute approximate surface area is 194 Å². The van der Waals surface area contributed by atoms with Gasteiger partial charge in [-0.05, 0) is 70.9 Å². The SMILES string of the molecule is CCCC(/C=C/c1ccc(C(=O)O)cc1)(CCC)c1ccc2c(c1)C(C)(C)CCC2(C)C. The number of carboxylic acid groups (broad SMARTS) is 1. The zero-order valence-corrected chi connectivity index (χ0v) is 20.8. The van der Waals surface area contributed by atoms with Crippen molar-refractivity contribution in [3.05, 3.63) is 76.4 Å². The van der Waals surface area contributed by atoms with Crippen molar-refractivity contribution in [3.63, 3.8) is 0 Å². The molecule has 2 nitrogen and oxygen atoms in total. The molecule has 0 saturated heterocycles. The normalized spacial score (nSPS) is 17.3. The first-order valence-corrected chi connectivity index (χ1v) is 12.2. The van der Waals surface area contributed by atoms with Crippen LogP contribution in [0.3, 0.4) is 0 Å². The zero-order chi connectivity index (χ0) is 23.6. The number of fused-ring (bicyclic) bond motifs is 1. The van der Waals surface area contributed by atoms with E-state index >= 15 is 0 Å². The number of aromatic carboxylic acids is 1. The molecule has 1 aliphatic rings. The fraction of sp³-hybridized carbons (Fsp3) is 0.500. The van der Waals surface area contributed by atoms with Crippen molar-refractivity contribution in [2.45, 2.75) is 96.3 Å². The molecule has 1 N–H and O–H groups in total. The summed E-state index contributed by atoms with van der Waals surface area (Å²) in [4.78, 5) is 11.2. The molecule has 0 fully saturated rings. The molecule has 0 unspecified atom stereocenters. The summed E-state index contributed by atoms with van der Waals surface area (Å²) in [6, 6.07) is 14.5. The van der Waals surface area contributed by atoms with Crippen LogP contribution in [0.5, 0.6) is 0 Å². The fourth-order valence-corrected chi connectivity index (χ4v) is 5.46. The summed E-state index contributed by atoms with van der Waals surface area (Å²) in [7, 11) is 0. The molecule has 3 rings (SSSR count). The highest BCUT2D eigenvalue weighted by molar-refractivity contribution is 5.87. The van der Waals surface area contributed by atoms with Crippen LogP contribution >= 0.6 is 0 Å². The Morgan fingerprint density at radius 2 is 1.47 bits per heavy atom. The van der Waals surface area contributed by atoms with Crippen LogP contribution in [0.25, 0.3) is 6.08 Å². The van der Waals surface area contributed by atoms with Crippen LogP contribution in [-0.4, -0.2) is 11.1 Å². The van der Waals surface area contributed by atoms with Gasteiger partial charge in [0.15, 0.2) is 0 Å². The summed E-state index contributed by atoms with van der Waals surface area (Å²) in [6.45, 7) is 14.1. The average molecular weight is 433 g/mol. The Hall–Kier alpha value is -2.35. The molecule has 0 spiro atoms. The molecule has 1 aliphatic carbocycles. The second kappa shape index (κ2) is 9.25. The first-order valence-electron chi connectivity index (χ1n) is 12.2. The van der Waals surface area contributed by atoms with E-state index in [1.54, 1.807) is 12.1 Å². The van der Waals surface area contributed by atoms with Gasteiger partial charge in [0.05, 0.1) is 5.56 Å². The van der Waals surface area contributed by atoms with E-state index in [4.69, 9.17) is 0 Å². The van der Waals surface area contributed by atoms with E-state index in [-0.39, 0.29) is 16.2 Å². The minimum atomic E-state index is -0.883. The Kier molecular flexibility index (Phi) is 7.03. The summed E-state index contributed by atoms with van der Waals surface area (Å²) in [6.07, 6.45) is 11.5. The van der Waals surface area contributed by atoms with Crippen LogP contribution in [0.15, 0.2) is 48.5 Å². The standard InChI is InChI=1S/C30H40O2/c1-7-16-30(17-8-2,18-15-22-9-11-23(12-10-22)27(31)32)24-13-14-25-26(21-24)29(5,6)20-19-28(25,3)4/h9-15,18,21H,7-8,16-17,19-20H2,1-6H3,(H,31,32)/b18-15+. The van der Waals surface area contributed by atoms with Crippen molar-refractivity contribution in [1.82, 2.24) is 0 Å². The smallest absolute Gasteiger partial charge is 0.335 e. The minimum Gasteiger partial charge on any atom is -0.478 e. The summed E-state index contributed by atoms with van der Waals surface area (Å²) in [5.74, 6) is -0.883. The van der Waals surface area contributed by atoms with E-state index in [0.717, 1.165) is 31.2 Å². The Morgan fingerprint density at radius 1 is 0.906 bits per heavy atom. The summed E-state index contributed by atoms with van der Waals surface area (Å²) in [5.41, 5.74) is 6.23. The van der Waals surface area contributed by atoms with E-state index in [9.17, 15) is 9.90 Å². The number of hydrogen-bond donors (Lipinski definition) is 1. The molecule has 0 bridgehead atoms. The number of benzene rings is 2. The quantitative estimate of drug-likeness (QED) is 0.455. The lowest BCUT2D eigenvalue weighted by molar-refractivity contribution is 0.0697. The number of hydrogen-bond acceptors (Lipinski definition) is 1. The molecule has 2 aromatic rings. The molecule has 0 amide bonds. The Bertz CT molecular complexity index is 970. The van der Waals surface area contributed by atoms with Gasteiger partial charge in [0.25, 0.3) is 0 Å². The Morgan fingerprint density at radius 3 is 2.00 bits per heavy atom. The van der Waals surface area contributed by atoms with Crippen molar-refractivity contribution in [1.29, 1.82) is 0 Å². The predicted octanol–water partition coefficient (Wildman–Crippen LogP) is 8.29. The van der Waals surface area contributed by atoms with Crippen molar-refractivity contribution >= 4 is 12.0 Å². The molecule has 2 heteroatoms. The average Bonchev–Trinajstić information content (AvgIpc) is 2.76.